The van der Waals surface area contributed by atoms with Crippen LogP contribution in [-0.2, 0) is 6.42 Å². The lowest BCUT2D eigenvalue weighted by atomic mass is 10.2. The molecule has 0 aromatic carbocycles. The Morgan fingerprint density at radius 1 is 1.32 bits per heavy atom. The fraction of sp³-hybridized carbons (Fsp3) is 0.412. The van der Waals surface area contributed by atoms with Crippen molar-refractivity contribution in [1.29, 1.82) is 0 Å². The predicted octanol–water partition coefficient (Wildman–Crippen LogP) is 2.57. The van der Waals surface area contributed by atoms with Crippen molar-refractivity contribution in [2.24, 2.45) is 4.99 Å². The number of guanidine groups is 1. The molecule has 1 aliphatic rings. The second kappa shape index (κ2) is 10.1. The van der Waals surface area contributed by atoms with Gasteiger partial charge in [-0.05, 0) is 31.9 Å². The number of nitrogens with one attached hydrogen (secondary N) is 2. The minimum absolute atomic E-state index is 0. The van der Waals surface area contributed by atoms with E-state index in [1.54, 1.807) is 6.20 Å². The SMILES string of the molecule is CCNC(=NCCc1noc(-c2ccccn2)n1)NC1CC=CC1.I. The van der Waals surface area contributed by atoms with Gasteiger partial charge in [0.2, 0.25) is 0 Å². The van der Waals surface area contributed by atoms with Gasteiger partial charge in [-0.1, -0.05) is 23.4 Å². The molecule has 0 bridgehead atoms. The molecule has 134 valence electrons. The van der Waals surface area contributed by atoms with E-state index in [-0.39, 0.29) is 24.0 Å². The van der Waals surface area contributed by atoms with Crippen LogP contribution in [0, 0.1) is 0 Å². The second-order valence-electron chi connectivity index (χ2n) is 5.53. The van der Waals surface area contributed by atoms with Gasteiger partial charge in [-0.2, -0.15) is 4.98 Å². The Balaban J connectivity index is 0.00000225. The summed E-state index contributed by atoms with van der Waals surface area (Å²) in [5.41, 5.74) is 0.684. The topological polar surface area (TPSA) is 88.2 Å². The summed E-state index contributed by atoms with van der Waals surface area (Å²) in [6, 6.07) is 6.02. The van der Waals surface area contributed by atoms with Crippen LogP contribution in [0.3, 0.4) is 0 Å². The van der Waals surface area contributed by atoms with E-state index in [2.05, 4.69) is 49.8 Å². The van der Waals surface area contributed by atoms with Gasteiger partial charge < -0.3 is 15.2 Å². The standard InChI is InChI=1S/C17H22N6O.HI/c1-2-18-17(21-13-7-3-4-8-13)20-12-10-15-22-16(24-23-15)14-9-5-6-11-19-14;/h3-6,9,11,13H,2,7-8,10,12H2,1H3,(H2,18,20,21);1H. The number of pyridine rings is 1. The quantitative estimate of drug-likeness (QED) is 0.302. The molecule has 2 aromatic rings. The van der Waals surface area contributed by atoms with Crippen LogP contribution in [0.25, 0.3) is 11.6 Å². The Hall–Kier alpha value is -1.97. The molecule has 2 aromatic heterocycles. The number of nitrogens with zero attached hydrogens (tertiary/aromatic N) is 4. The average Bonchev–Trinajstić information content (AvgIpc) is 3.28. The second-order valence-corrected chi connectivity index (χ2v) is 5.53. The Morgan fingerprint density at radius 2 is 2.16 bits per heavy atom. The van der Waals surface area contributed by atoms with Crippen molar-refractivity contribution in [3.05, 3.63) is 42.4 Å². The molecule has 0 saturated carbocycles. The van der Waals surface area contributed by atoms with E-state index < -0.39 is 0 Å². The first kappa shape index (κ1) is 19.4. The Morgan fingerprint density at radius 3 is 2.88 bits per heavy atom. The van der Waals surface area contributed by atoms with Crippen LogP contribution in [0.15, 0.2) is 46.1 Å². The van der Waals surface area contributed by atoms with Crippen molar-refractivity contribution in [2.45, 2.75) is 32.2 Å². The lowest BCUT2D eigenvalue weighted by Gasteiger charge is -2.16. The maximum atomic E-state index is 5.25. The fourth-order valence-electron chi connectivity index (χ4n) is 2.46. The van der Waals surface area contributed by atoms with Gasteiger partial charge in [-0.15, -0.1) is 24.0 Å². The van der Waals surface area contributed by atoms with E-state index in [1.807, 2.05) is 18.2 Å². The molecule has 0 unspecified atom stereocenters. The van der Waals surface area contributed by atoms with E-state index >= 15 is 0 Å². The van der Waals surface area contributed by atoms with Crippen molar-refractivity contribution < 1.29 is 4.52 Å². The number of halogens is 1. The normalized spacial score (nSPS) is 14.4. The van der Waals surface area contributed by atoms with Crippen molar-refractivity contribution in [2.75, 3.05) is 13.1 Å². The zero-order chi connectivity index (χ0) is 16.6. The molecule has 0 radical (unpaired) electrons. The lowest BCUT2D eigenvalue weighted by molar-refractivity contribution is 0.421. The third-order valence-corrected chi connectivity index (χ3v) is 3.65. The molecule has 3 rings (SSSR count). The van der Waals surface area contributed by atoms with Crippen molar-refractivity contribution in [1.82, 2.24) is 25.8 Å². The van der Waals surface area contributed by atoms with Crippen molar-refractivity contribution >= 4 is 29.9 Å². The van der Waals surface area contributed by atoms with Gasteiger partial charge in [-0.3, -0.25) is 9.98 Å². The molecule has 2 N–H and O–H groups in total. The van der Waals surface area contributed by atoms with E-state index in [0.717, 1.165) is 25.3 Å². The zero-order valence-corrected chi connectivity index (χ0v) is 16.5. The number of hydrogen-bond donors (Lipinski definition) is 2. The van der Waals surface area contributed by atoms with Gasteiger partial charge in [0.15, 0.2) is 11.8 Å². The van der Waals surface area contributed by atoms with Crippen LogP contribution in [0.4, 0.5) is 0 Å². The smallest absolute Gasteiger partial charge is 0.276 e. The van der Waals surface area contributed by atoms with Gasteiger partial charge in [-0.25, -0.2) is 0 Å². The first-order chi connectivity index (χ1) is 11.8. The number of rotatable bonds is 6. The lowest BCUT2D eigenvalue weighted by Crippen LogP contribution is -2.42. The van der Waals surface area contributed by atoms with Crippen molar-refractivity contribution in [3.63, 3.8) is 0 Å². The Kier molecular flexibility index (Phi) is 7.83. The Labute approximate surface area is 164 Å². The fourth-order valence-corrected chi connectivity index (χ4v) is 2.46. The maximum absolute atomic E-state index is 5.25. The third kappa shape index (κ3) is 5.80. The minimum atomic E-state index is 0. The summed E-state index contributed by atoms with van der Waals surface area (Å²) in [4.78, 5) is 13.2. The average molecular weight is 454 g/mol. The highest BCUT2D eigenvalue weighted by atomic mass is 127. The molecule has 25 heavy (non-hydrogen) atoms. The first-order valence-corrected chi connectivity index (χ1v) is 8.29. The highest BCUT2D eigenvalue weighted by Crippen LogP contribution is 2.13. The number of hydrogen-bond acceptors (Lipinski definition) is 5. The summed E-state index contributed by atoms with van der Waals surface area (Å²) in [7, 11) is 0. The van der Waals surface area contributed by atoms with Crippen LogP contribution >= 0.6 is 24.0 Å². The molecule has 0 spiro atoms. The molecule has 0 amide bonds. The van der Waals surface area contributed by atoms with Crippen LogP contribution in [-0.4, -0.2) is 40.2 Å². The molecule has 8 heteroatoms. The summed E-state index contributed by atoms with van der Waals surface area (Å²) in [5.74, 6) is 1.91. The maximum Gasteiger partial charge on any atom is 0.276 e. The van der Waals surface area contributed by atoms with Gasteiger partial charge in [0.05, 0.1) is 0 Å². The summed E-state index contributed by atoms with van der Waals surface area (Å²) < 4.78 is 5.25. The van der Waals surface area contributed by atoms with Gasteiger partial charge >= 0.3 is 0 Å². The van der Waals surface area contributed by atoms with Gasteiger partial charge in [0.1, 0.15) is 5.69 Å². The van der Waals surface area contributed by atoms with Gasteiger partial charge in [0, 0.05) is 31.7 Å². The summed E-state index contributed by atoms with van der Waals surface area (Å²) in [5, 5.41) is 10.7. The summed E-state index contributed by atoms with van der Waals surface area (Å²) in [6.45, 7) is 3.48. The molecule has 1 aliphatic carbocycles. The van der Waals surface area contributed by atoms with E-state index in [1.165, 1.54) is 0 Å². The molecule has 0 fully saturated rings. The van der Waals surface area contributed by atoms with Crippen LogP contribution < -0.4 is 10.6 Å². The molecule has 7 nitrogen and oxygen atoms in total. The van der Waals surface area contributed by atoms with Crippen molar-refractivity contribution in [3.8, 4) is 11.6 Å². The number of aliphatic imine (C=N–C) groups is 1. The summed E-state index contributed by atoms with van der Waals surface area (Å²) in [6.07, 6.45) is 8.80. The molecule has 0 atom stereocenters. The molecule has 0 saturated heterocycles. The zero-order valence-electron chi connectivity index (χ0n) is 14.2. The first-order valence-electron chi connectivity index (χ1n) is 8.29. The highest BCUT2D eigenvalue weighted by Gasteiger charge is 2.12. The largest absolute Gasteiger partial charge is 0.357 e. The predicted molar refractivity (Wildman–Crippen MR) is 108 cm³/mol. The third-order valence-electron chi connectivity index (χ3n) is 3.65. The molecular formula is C17H23IN6O. The molecule has 0 aliphatic heterocycles. The van der Waals surface area contributed by atoms with Crippen LogP contribution in [0.5, 0.6) is 0 Å². The van der Waals surface area contributed by atoms with Crippen LogP contribution in [0.1, 0.15) is 25.6 Å². The summed E-state index contributed by atoms with van der Waals surface area (Å²) >= 11 is 0. The monoisotopic (exact) mass is 454 g/mol. The van der Waals surface area contributed by atoms with E-state index in [0.29, 0.717) is 36.4 Å². The Bertz CT molecular complexity index is 692. The van der Waals surface area contributed by atoms with Crippen LogP contribution in [0.2, 0.25) is 0 Å². The molecular weight excluding hydrogens is 431 g/mol. The van der Waals surface area contributed by atoms with E-state index in [4.69, 9.17) is 4.52 Å². The number of aromatic nitrogens is 3. The molecule has 2 heterocycles. The van der Waals surface area contributed by atoms with Gasteiger partial charge in [0.25, 0.3) is 5.89 Å². The minimum Gasteiger partial charge on any atom is -0.357 e. The van der Waals surface area contributed by atoms with E-state index in [9.17, 15) is 0 Å². The highest BCUT2D eigenvalue weighted by molar-refractivity contribution is 14.0.